The summed E-state index contributed by atoms with van der Waals surface area (Å²) in [4.78, 5) is 19.0. The molecule has 0 bridgehead atoms. The Morgan fingerprint density at radius 2 is 1.13 bits per heavy atom. The first-order valence-corrected chi connectivity index (χ1v) is 14.9. The highest BCUT2D eigenvalue weighted by atomic mass is 15.3. The zero-order valence-corrected chi connectivity index (χ0v) is 25.1. The summed E-state index contributed by atoms with van der Waals surface area (Å²) in [6.07, 6.45) is 5.62. The summed E-state index contributed by atoms with van der Waals surface area (Å²) in [5.41, 5.74) is 13.5. The van der Waals surface area contributed by atoms with Crippen molar-refractivity contribution in [1.29, 1.82) is 5.41 Å². The molecule has 6 aromatic rings. The van der Waals surface area contributed by atoms with Gasteiger partial charge in [-0.05, 0) is 79.2 Å². The van der Waals surface area contributed by atoms with Crippen molar-refractivity contribution in [3.8, 4) is 33.9 Å². The van der Waals surface area contributed by atoms with E-state index in [4.69, 9.17) is 15.1 Å². The minimum absolute atomic E-state index is 0.230. The largest absolute Gasteiger partial charge is 0.298 e. The van der Waals surface area contributed by atoms with E-state index in [1.54, 1.807) is 6.20 Å². The number of allylic oxidation sites excluding steroid dienone is 4. The van der Waals surface area contributed by atoms with Crippen LogP contribution in [0.2, 0.25) is 0 Å². The van der Waals surface area contributed by atoms with Crippen LogP contribution in [-0.4, -0.2) is 31.4 Å². The molecule has 0 unspecified atom stereocenters. The van der Waals surface area contributed by atoms with Gasteiger partial charge < -0.3 is 0 Å². The fraction of sp³-hybridized carbons (Fsp3) is 0.0256. The number of para-hydroxylation sites is 1. The Bertz CT molecular complexity index is 2150. The molecule has 4 aromatic heterocycles. The summed E-state index contributed by atoms with van der Waals surface area (Å²) in [5.74, 6) is 0. The van der Waals surface area contributed by atoms with Gasteiger partial charge in [0.25, 0.3) is 0 Å². The number of hydrogen-bond acceptors (Lipinski definition) is 7. The SMILES string of the molecule is Cc1cccc(-c2cccc(C3=CC=C(c4cccc(-c5ccccn5)n4)C(=N)/C3=N\Nc3ccccc3-c3ccccc3)n2)n1. The average Bonchev–Trinajstić information content (AvgIpc) is 3.12. The molecule has 2 N–H and O–H groups in total. The molecular weight excluding hydrogens is 566 g/mol. The van der Waals surface area contributed by atoms with E-state index in [1.165, 1.54) is 0 Å². The lowest BCUT2D eigenvalue weighted by Crippen LogP contribution is -2.22. The molecule has 7 heteroatoms. The summed E-state index contributed by atoms with van der Waals surface area (Å²) < 4.78 is 0. The van der Waals surface area contributed by atoms with E-state index in [-0.39, 0.29) is 5.71 Å². The van der Waals surface area contributed by atoms with E-state index < -0.39 is 0 Å². The van der Waals surface area contributed by atoms with E-state index in [0.29, 0.717) is 28.2 Å². The second-order valence-electron chi connectivity index (χ2n) is 10.7. The number of aryl methyl sites for hydroxylation is 1. The molecule has 0 aliphatic heterocycles. The van der Waals surface area contributed by atoms with Gasteiger partial charge in [0.2, 0.25) is 0 Å². The Kier molecular flexibility index (Phi) is 7.86. The quantitative estimate of drug-likeness (QED) is 0.142. The predicted molar refractivity (Wildman–Crippen MR) is 186 cm³/mol. The Hall–Kier alpha value is -6.34. The highest BCUT2D eigenvalue weighted by molar-refractivity contribution is 6.69. The van der Waals surface area contributed by atoms with Crippen molar-refractivity contribution in [1.82, 2.24) is 19.9 Å². The van der Waals surface area contributed by atoms with E-state index >= 15 is 0 Å². The topological polar surface area (TPSA) is 99.8 Å². The number of aromatic nitrogens is 4. The van der Waals surface area contributed by atoms with Gasteiger partial charge in [-0.15, -0.1) is 0 Å². The fourth-order valence-corrected chi connectivity index (χ4v) is 5.35. The second kappa shape index (κ2) is 12.7. The Labute approximate surface area is 267 Å². The maximum absolute atomic E-state index is 9.45. The monoisotopic (exact) mass is 595 g/mol. The minimum Gasteiger partial charge on any atom is -0.298 e. The molecule has 0 amide bonds. The first kappa shape index (κ1) is 28.4. The van der Waals surface area contributed by atoms with Crippen LogP contribution in [0.25, 0.3) is 45.0 Å². The maximum Gasteiger partial charge on any atom is 0.118 e. The van der Waals surface area contributed by atoms with E-state index in [9.17, 15) is 5.41 Å². The highest BCUT2D eigenvalue weighted by Crippen LogP contribution is 2.31. The fourth-order valence-electron chi connectivity index (χ4n) is 5.35. The summed E-state index contributed by atoms with van der Waals surface area (Å²) in [7, 11) is 0. The molecule has 1 aliphatic rings. The second-order valence-corrected chi connectivity index (χ2v) is 10.7. The molecule has 46 heavy (non-hydrogen) atoms. The molecule has 0 spiro atoms. The number of nitrogens with zero attached hydrogens (tertiary/aromatic N) is 5. The Morgan fingerprint density at radius 3 is 1.87 bits per heavy atom. The number of benzene rings is 2. The number of nitrogens with one attached hydrogen (secondary N) is 2. The van der Waals surface area contributed by atoms with E-state index in [1.807, 2.05) is 128 Å². The lowest BCUT2D eigenvalue weighted by molar-refractivity contribution is 1.17. The van der Waals surface area contributed by atoms with Crippen LogP contribution in [0.5, 0.6) is 0 Å². The summed E-state index contributed by atoms with van der Waals surface area (Å²) in [6, 6.07) is 41.4. The van der Waals surface area contributed by atoms with Crippen LogP contribution < -0.4 is 5.43 Å². The van der Waals surface area contributed by atoms with Crippen molar-refractivity contribution in [2.75, 3.05) is 5.43 Å². The zero-order valence-electron chi connectivity index (χ0n) is 25.1. The van der Waals surface area contributed by atoms with E-state index in [0.717, 1.165) is 45.3 Å². The minimum atomic E-state index is 0.230. The molecule has 0 radical (unpaired) electrons. The molecule has 0 saturated heterocycles. The molecule has 0 atom stereocenters. The highest BCUT2D eigenvalue weighted by Gasteiger charge is 2.25. The lowest BCUT2D eigenvalue weighted by Gasteiger charge is -2.19. The third-order valence-electron chi connectivity index (χ3n) is 7.61. The number of rotatable bonds is 7. The van der Waals surface area contributed by atoms with Gasteiger partial charge in [-0.1, -0.05) is 72.8 Å². The lowest BCUT2D eigenvalue weighted by atomic mass is 9.90. The van der Waals surface area contributed by atoms with Crippen LogP contribution in [0, 0.1) is 12.3 Å². The third kappa shape index (κ3) is 5.89. The summed E-state index contributed by atoms with van der Waals surface area (Å²) in [6.45, 7) is 1.96. The smallest absolute Gasteiger partial charge is 0.118 e. The van der Waals surface area contributed by atoms with Gasteiger partial charge in [0.15, 0.2) is 0 Å². The molecule has 2 aromatic carbocycles. The van der Waals surface area contributed by atoms with Crippen LogP contribution >= 0.6 is 0 Å². The molecule has 4 heterocycles. The summed E-state index contributed by atoms with van der Waals surface area (Å²) >= 11 is 0. The van der Waals surface area contributed by atoms with Crippen LogP contribution in [-0.2, 0) is 0 Å². The Morgan fingerprint density at radius 1 is 0.543 bits per heavy atom. The van der Waals surface area contributed by atoms with Crippen LogP contribution in [0.4, 0.5) is 5.69 Å². The molecule has 0 fully saturated rings. The molecule has 7 nitrogen and oxygen atoms in total. The normalized spacial score (nSPS) is 13.7. The van der Waals surface area contributed by atoms with Crippen LogP contribution in [0.3, 0.4) is 0 Å². The zero-order chi connectivity index (χ0) is 31.3. The van der Waals surface area contributed by atoms with Gasteiger partial charge in [-0.2, -0.15) is 5.10 Å². The van der Waals surface area contributed by atoms with Gasteiger partial charge >= 0.3 is 0 Å². The van der Waals surface area contributed by atoms with Crippen molar-refractivity contribution in [2.45, 2.75) is 6.92 Å². The maximum atomic E-state index is 9.45. The van der Waals surface area contributed by atoms with Crippen molar-refractivity contribution < 1.29 is 0 Å². The number of hydrazone groups is 1. The molecule has 220 valence electrons. The molecule has 7 rings (SSSR count). The van der Waals surface area contributed by atoms with Crippen molar-refractivity contribution in [3.05, 3.63) is 163 Å². The van der Waals surface area contributed by atoms with Crippen molar-refractivity contribution in [3.63, 3.8) is 0 Å². The van der Waals surface area contributed by atoms with E-state index in [2.05, 4.69) is 33.6 Å². The third-order valence-corrected chi connectivity index (χ3v) is 7.61. The van der Waals surface area contributed by atoms with Crippen molar-refractivity contribution in [2.24, 2.45) is 5.10 Å². The van der Waals surface area contributed by atoms with Gasteiger partial charge in [-0.3, -0.25) is 20.8 Å². The number of anilines is 1. The molecule has 0 saturated carbocycles. The van der Waals surface area contributed by atoms with Gasteiger partial charge in [0.1, 0.15) is 5.71 Å². The first-order valence-electron chi connectivity index (χ1n) is 14.9. The summed E-state index contributed by atoms with van der Waals surface area (Å²) in [5, 5.41) is 14.3. The first-order chi connectivity index (χ1) is 22.6. The average molecular weight is 596 g/mol. The van der Waals surface area contributed by atoms with Gasteiger partial charge in [0.05, 0.1) is 45.6 Å². The molecule has 1 aliphatic carbocycles. The predicted octanol–water partition coefficient (Wildman–Crippen LogP) is 8.54. The van der Waals surface area contributed by atoms with Crippen molar-refractivity contribution >= 4 is 28.3 Å². The Balaban J connectivity index is 1.32. The van der Waals surface area contributed by atoms with Crippen LogP contribution in [0.1, 0.15) is 17.1 Å². The number of hydrogen-bond donors (Lipinski definition) is 2. The van der Waals surface area contributed by atoms with Crippen LogP contribution in [0.15, 0.2) is 151 Å². The molecular formula is C39H29N7. The van der Waals surface area contributed by atoms with Gasteiger partial charge in [0, 0.05) is 28.6 Å². The van der Waals surface area contributed by atoms with Gasteiger partial charge in [-0.25, -0.2) is 9.97 Å². The number of pyridine rings is 4. The standard InChI is InChI=1S/C39H29N7/c1-26-12-9-20-36(42-26)37-22-11-19-32(44-37)30-24-23-29(31-18-10-21-35(43-31)34-17-7-8-25-41-34)38(40)39(30)46-45-33-16-6-5-15-28(33)27-13-3-2-4-14-27/h2-25,40,45H,1H3/b40-38?,46-39-.